The molecule has 4 N–H and O–H groups in total. The molecule has 1 fully saturated rings. The summed E-state index contributed by atoms with van der Waals surface area (Å²) in [5.74, 6) is 0.254. The second kappa shape index (κ2) is 5.27. The topological polar surface area (TPSA) is 119 Å². The first kappa shape index (κ1) is 14.8. The fraction of sp³-hybridized carbons (Fsp3) is 0.462. The largest absolute Gasteiger partial charge is 0.394 e. The monoisotopic (exact) mass is 309 g/mol. The van der Waals surface area contributed by atoms with E-state index >= 15 is 0 Å². The highest BCUT2D eigenvalue weighted by Crippen LogP contribution is 2.41. The van der Waals surface area contributed by atoms with Gasteiger partial charge in [-0.3, -0.25) is 0 Å². The molecule has 9 heteroatoms. The molecule has 1 aliphatic rings. The van der Waals surface area contributed by atoms with Crippen molar-refractivity contribution in [2.45, 2.75) is 31.0 Å². The van der Waals surface area contributed by atoms with E-state index in [1.54, 1.807) is 0 Å². The van der Waals surface area contributed by atoms with Crippen LogP contribution in [0.25, 0.3) is 11.3 Å². The van der Waals surface area contributed by atoms with E-state index in [1.165, 1.54) is 36.5 Å². The van der Waals surface area contributed by atoms with Crippen molar-refractivity contribution >= 4 is 5.82 Å². The maximum absolute atomic E-state index is 14.7. The Labute approximate surface area is 125 Å². The van der Waals surface area contributed by atoms with Gasteiger partial charge in [-0.25, -0.2) is 19.3 Å². The zero-order valence-corrected chi connectivity index (χ0v) is 11.8. The molecule has 0 bridgehead atoms. The third kappa shape index (κ3) is 2.23. The van der Waals surface area contributed by atoms with Gasteiger partial charge in [0.1, 0.15) is 24.4 Å². The van der Waals surface area contributed by atoms with E-state index in [2.05, 4.69) is 15.0 Å². The highest BCUT2D eigenvalue weighted by molar-refractivity contribution is 5.68. The molecule has 0 aromatic carbocycles. The number of aliphatic hydroxyl groups is 2. The van der Waals surface area contributed by atoms with Gasteiger partial charge in [0.25, 0.3) is 0 Å². The van der Waals surface area contributed by atoms with E-state index in [0.29, 0.717) is 11.3 Å². The summed E-state index contributed by atoms with van der Waals surface area (Å²) in [5, 5.41) is 19.0. The smallest absolute Gasteiger partial charge is 0.181 e. The summed E-state index contributed by atoms with van der Waals surface area (Å²) in [6, 6.07) is 0. The predicted molar refractivity (Wildman–Crippen MR) is 74.2 cm³/mol. The normalized spacial score (nSPS) is 31.5. The molecule has 0 aliphatic carbocycles. The van der Waals surface area contributed by atoms with Crippen LogP contribution in [0.5, 0.6) is 0 Å². The summed E-state index contributed by atoms with van der Waals surface area (Å²) in [6.45, 7) is 0.746. The summed E-state index contributed by atoms with van der Waals surface area (Å²) in [7, 11) is 0. The van der Waals surface area contributed by atoms with Crippen LogP contribution < -0.4 is 5.73 Å². The Bertz CT molecular complexity index is 677. The van der Waals surface area contributed by atoms with Crippen molar-refractivity contribution in [3.8, 4) is 11.3 Å². The SMILES string of the molecule is C[C@@]1(F)[C@H](O)[C@@H](CO)O[C@H]1n1cnc(-c2cncnc2N)c1. The molecule has 0 unspecified atom stereocenters. The number of hydrogen-bond donors (Lipinski definition) is 3. The van der Waals surface area contributed by atoms with Crippen molar-refractivity contribution in [2.75, 3.05) is 12.3 Å². The van der Waals surface area contributed by atoms with Crippen LogP contribution in [0.15, 0.2) is 25.0 Å². The number of halogens is 1. The number of nitrogen functional groups attached to an aromatic ring is 1. The molecule has 118 valence electrons. The number of ether oxygens (including phenoxy) is 1. The third-order valence-corrected chi connectivity index (χ3v) is 3.79. The maximum atomic E-state index is 14.7. The van der Waals surface area contributed by atoms with Crippen LogP contribution >= 0.6 is 0 Å². The number of anilines is 1. The third-order valence-electron chi connectivity index (χ3n) is 3.79. The summed E-state index contributed by atoms with van der Waals surface area (Å²) in [5.41, 5.74) is 4.66. The lowest BCUT2D eigenvalue weighted by atomic mass is 9.99. The Balaban J connectivity index is 1.93. The Morgan fingerprint density at radius 2 is 2.27 bits per heavy atom. The van der Waals surface area contributed by atoms with Crippen LogP contribution in [-0.2, 0) is 4.74 Å². The molecule has 8 nitrogen and oxygen atoms in total. The van der Waals surface area contributed by atoms with Gasteiger partial charge >= 0.3 is 0 Å². The first-order valence-corrected chi connectivity index (χ1v) is 6.67. The molecular formula is C13H16FN5O3. The second-order valence-electron chi connectivity index (χ2n) is 5.33. The lowest BCUT2D eigenvalue weighted by molar-refractivity contribution is -0.0586. The van der Waals surface area contributed by atoms with Crippen LogP contribution in [0, 0.1) is 0 Å². The molecule has 22 heavy (non-hydrogen) atoms. The van der Waals surface area contributed by atoms with Crippen LogP contribution in [0.3, 0.4) is 0 Å². The number of nitrogens with zero attached hydrogens (tertiary/aromatic N) is 4. The van der Waals surface area contributed by atoms with Crippen molar-refractivity contribution in [3.63, 3.8) is 0 Å². The summed E-state index contributed by atoms with van der Waals surface area (Å²) < 4.78 is 21.5. The Kier molecular flexibility index (Phi) is 3.55. The predicted octanol–water partition coefficient (Wildman–Crippen LogP) is -0.0989. The standard InChI is InChI=1S/C13H16FN5O3/c1-13(14)10(21)9(4-20)22-12(13)19-3-8(18-6-19)7-2-16-5-17-11(7)15/h2-3,5-6,9-10,12,20-21H,4H2,1H3,(H2,15,16,17)/t9-,10-,12-,13-/m1/s1. The summed E-state index contributed by atoms with van der Waals surface area (Å²) in [4.78, 5) is 11.9. The minimum Gasteiger partial charge on any atom is -0.394 e. The summed E-state index contributed by atoms with van der Waals surface area (Å²) >= 11 is 0. The van der Waals surface area contributed by atoms with Gasteiger partial charge in [0.2, 0.25) is 0 Å². The van der Waals surface area contributed by atoms with Crippen molar-refractivity contribution in [1.29, 1.82) is 0 Å². The number of nitrogens with two attached hydrogens (primary N) is 1. The molecule has 0 amide bonds. The Morgan fingerprint density at radius 3 is 2.91 bits per heavy atom. The van der Waals surface area contributed by atoms with Gasteiger partial charge in [-0.15, -0.1) is 0 Å². The van der Waals surface area contributed by atoms with Crippen molar-refractivity contribution in [1.82, 2.24) is 19.5 Å². The number of imidazole rings is 1. The van der Waals surface area contributed by atoms with E-state index in [0.717, 1.165) is 0 Å². The van der Waals surface area contributed by atoms with Crippen LogP contribution in [0.2, 0.25) is 0 Å². The van der Waals surface area contributed by atoms with Gasteiger partial charge in [-0.05, 0) is 6.92 Å². The first-order valence-electron chi connectivity index (χ1n) is 6.67. The number of aliphatic hydroxyl groups excluding tert-OH is 2. The molecule has 2 aromatic rings. The van der Waals surface area contributed by atoms with Crippen molar-refractivity contribution < 1.29 is 19.3 Å². The summed E-state index contributed by atoms with van der Waals surface area (Å²) in [6.07, 6.45) is 2.20. The molecule has 3 heterocycles. The average molecular weight is 309 g/mol. The molecule has 3 rings (SSSR count). The van der Waals surface area contributed by atoms with E-state index in [1.807, 2.05) is 0 Å². The number of rotatable bonds is 3. The molecule has 0 radical (unpaired) electrons. The lowest BCUT2D eigenvalue weighted by Crippen LogP contribution is -2.40. The molecule has 1 saturated heterocycles. The molecule has 1 aliphatic heterocycles. The second-order valence-corrected chi connectivity index (χ2v) is 5.33. The fourth-order valence-electron chi connectivity index (χ4n) is 2.53. The Morgan fingerprint density at radius 1 is 1.50 bits per heavy atom. The average Bonchev–Trinajstić information content (AvgIpc) is 3.04. The van der Waals surface area contributed by atoms with Gasteiger partial charge in [0.05, 0.1) is 24.2 Å². The van der Waals surface area contributed by atoms with Crippen molar-refractivity contribution in [3.05, 3.63) is 25.0 Å². The molecular weight excluding hydrogens is 293 g/mol. The maximum Gasteiger partial charge on any atom is 0.181 e. The molecule has 2 aromatic heterocycles. The number of hydrogen-bond acceptors (Lipinski definition) is 7. The first-order chi connectivity index (χ1) is 10.4. The minimum atomic E-state index is -2.07. The Hall–Kier alpha value is -2.10. The number of alkyl halides is 1. The van der Waals surface area contributed by atoms with Gasteiger partial charge in [-0.2, -0.15) is 0 Å². The molecule has 4 atom stereocenters. The van der Waals surface area contributed by atoms with Crippen LogP contribution in [-0.4, -0.2) is 54.2 Å². The zero-order chi connectivity index (χ0) is 15.9. The van der Waals surface area contributed by atoms with Gasteiger partial charge in [-0.1, -0.05) is 0 Å². The van der Waals surface area contributed by atoms with E-state index in [9.17, 15) is 9.50 Å². The molecule has 0 spiro atoms. The van der Waals surface area contributed by atoms with Crippen LogP contribution in [0.1, 0.15) is 13.2 Å². The zero-order valence-electron chi connectivity index (χ0n) is 11.8. The van der Waals surface area contributed by atoms with Crippen LogP contribution in [0.4, 0.5) is 10.2 Å². The van der Waals surface area contributed by atoms with E-state index < -0.39 is 30.7 Å². The van der Waals surface area contributed by atoms with Gasteiger partial charge in [0.15, 0.2) is 11.9 Å². The fourth-order valence-corrected chi connectivity index (χ4v) is 2.53. The van der Waals surface area contributed by atoms with Crippen molar-refractivity contribution in [2.24, 2.45) is 0 Å². The lowest BCUT2D eigenvalue weighted by Gasteiger charge is -2.24. The quantitative estimate of drug-likeness (QED) is 0.724. The van der Waals surface area contributed by atoms with Gasteiger partial charge < -0.3 is 25.3 Å². The van der Waals surface area contributed by atoms with E-state index in [4.69, 9.17) is 15.6 Å². The highest BCUT2D eigenvalue weighted by atomic mass is 19.1. The van der Waals surface area contributed by atoms with Gasteiger partial charge in [0, 0.05) is 12.4 Å². The minimum absolute atomic E-state index is 0.254. The van der Waals surface area contributed by atoms with E-state index in [-0.39, 0.29) is 5.82 Å². The number of aromatic nitrogens is 4. The molecule has 0 saturated carbocycles. The highest BCUT2D eigenvalue weighted by Gasteiger charge is 2.54.